The summed E-state index contributed by atoms with van der Waals surface area (Å²) in [5.41, 5.74) is 5.27. The molecule has 0 aliphatic carbocycles. The maximum atomic E-state index is 12.1. The highest BCUT2D eigenvalue weighted by Gasteiger charge is 2.31. The summed E-state index contributed by atoms with van der Waals surface area (Å²) in [7, 11) is 0. The second kappa shape index (κ2) is 9.23. The molecule has 134 valence electrons. The number of nitrogens with two attached hydrogens (primary N) is 1. The molecule has 0 aliphatic heterocycles. The molecule has 25 heavy (non-hydrogen) atoms. The minimum atomic E-state index is -1.67. The number of Topliss-reactive ketones (excluding diaryl/α,β-unsaturated/α-hetero) is 1. The number of carbonyl (C=O) groups is 5. The number of carboxylic acid groups (broad SMARTS) is 2. The topological polar surface area (TPSA) is 177 Å². The quantitative estimate of drug-likeness (QED) is 0.250. The minimum Gasteiger partial charge on any atom is -0.481 e. The third kappa shape index (κ3) is 6.11. The van der Waals surface area contributed by atoms with Gasteiger partial charge in [-0.1, -0.05) is 0 Å². The van der Waals surface area contributed by atoms with Crippen LogP contribution >= 0.6 is 0 Å². The first-order chi connectivity index (χ1) is 11.8. The lowest BCUT2D eigenvalue weighted by molar-refractivity contribution is -0.140. The normalized spacial score (nSPS) is 12.7. The molecule has 0 aliphatic rings. The van der Waals surface area contributed by atoms with E-state index in [9.17, 15) is 24.0 Å². The monoisotopic (exact) mass is 351 g/mol. The third-order valence-corrected chi connectivity index (χ3v) is 3.23. The zero-order chi connectivity index (χ0) is 19.0. The van der Waals surface area contributed by atoms with Crippen molar-refractivity contribution in [3.8, 4) is 0 Å². The summed E-state index contributed by atoms with van der Waals surface area (Å²) in [6, 6.07) is 0.905. The fourth-order valence-corrected chi connectivity index (χ4v) is 1.87. The zero-order valence-electron chi connectivity index (χ0n) is 13.0. The Kier molecular flexibility index (Phi) is 7.35. The Morgan fingerprint density at radius 3 is 2.36 bits per heavy atom. The first-order valence-corrected chi connectivity index (χ1v) is 7.22. The summed E-state index contributed by atoms with van der Waals surface area (Å²) < 4.78 is 0. The molecule has 5 N–H and O–H groups in total. The number of nitrogens with zero attached hydrogens (tertiary/aromatic N) is 1. The van der Waals surface area contributed by atoms with Gasteiger partial charge in [-0.15, -0.1) is 0 Å². The molecule has 0 saturated heterocycles. The van der Waals surface area contributed by atoms with Gasteiger partial charge in [0.25, 0.3) is 0 Å². The number of carboxylic acids is 2. The summed E-state index contributed by atoms with van der Waals surface area (Å²) in [4.78, 5) is 59.6. The maximum absolute atomic E-state index is 12.1. The number of aromatic nitrogens is 1. The molecule has 1 amide bonds. The Hall–Kier alpha value is -3.14. The lowest BCUT2D eigenvalue weighted by Gasteiger charge is -2.13. The average Bonchev–Trinajstić information content (AvgIpc) is 2.55. The third-order valence-electron chi connectivity index (χ3n) is 3.23. The molecular formula is C15H17N3O7. The number of aldehydes is 1. The first-order valence-electron chi connectivity index (χ1n) is 7.22. The van der Waals surface area contributed by atoms with Crippen molar-refractivity contribution in [3.05, 3.63) is 23.9 Å². The molecular weight excluding hydrogens is 334 g/mol. The predicted octanol–water partition coefficient (Wildman–Crippen LogP) is -0.315. The standard InChI is InChI=1S/C15H17N3O7/c16-13(15(24)25)9(7-19)14(23)8-4-5-10(17-6-8)18-11(20)2-1-3-12(21)22/h4-7,9,13H,1-3,16H2,(H,21,22)(H,24,25)(H,17,18,20). The molecule has 10 nitrogen and oxygen atoms in total. The van der Waals surface area contributed by atoms with Crippen LogP contribution in [-0.4, -0.2) is 51.2 Å². The van der Waals surface area contributed by atoms with Crippen LogP contribution in [0.25, 0.3) is 0 Å². The molecule has 2 atom stereocenters. The van der Waals surface area contributed by atoms with E-state index >= 15 is 0 Å². The average molecular weight is 351 g/mol. The van der Waals surface area contributed by atoms with Crippen molar-refractivity contribution in [2.75, 3.05) is 5.32 Å². The van der Waals surface area contributed by atoms with Crippen molar-refractivity contribution in [1.29, 1.82) is 0 Å². The molecule has 0 bridgehead atoms. The maximum Gasteiger partial charge on any atom is 0.321 e. The molecule has 0 fully saturated rings. The number of rotatable bonds is 10. The van der Waals surface area contributed by atoms with Gasteiger partial charge < -0.3 is 26.1 Å². The molecule has 1 heterocycles. The van der Waals surface area contributed by atoms with Gasteiger partial charge in [0.1, 0.15) is 24.1 Å². The molecule has 1 aromatic rings. The van der Waals surface area contributed by atoms with Crippen LogP contribution in [0.2, 0.25) is 0 Å². The second-order valence-electron chi connectivity index (χ2n) is 5.12. The van der Waals surface area contributed by atoms with Crippen molar-refractivity contribution in [2.45, 2.75) is 25.3 Å². The Bertz CT molecular complexity index is 672. The minimum absolute atomic E-state index is 0.00462. The number of ketones is 1. The molecule has 10 heteroatoms. The number of hydrogen-bond acceptors (Lipinski definition) is 7. The van der Waals surface area contributed by atoms with Gasteiger partial charge in [0, 0.05) is 24.6 Å². The van der Waals surface area contributed by atoms with Gasteiger partial charge in [-0.05, 0) is 18.6 Å². The number of carbonyl (C=O) groups excluding carboxylic acids is 3. The second-order valence-corrected chi connectivity index (χ2v) is 5.12. The predicted molar refractivity (Wildman–Crippen MR) is 83.8 cm³/mol. The lowest BCUT2D eigenvalue weighted by atomic mass is 9.93. The van der Waals surface area contributed by atoms with Crippen LogP contribution in [-0.2, 0) is 19.2 Å². The summed E-state index contributed by atoms with van der Waals surface area (Å²) >= 11 is 0. The van der Waals surface area contributed by atoms with Crippen molar-refractivity contribution in [3.63, 3.8) is 0 Å². The SMILES string of the molecule is NC(C(=O)O)C(C=O)C(=O)c1ccc(NC(=O)CCCC(=O)O)nc1. The van der Waals surface area contributed by atoms with Crippen molar-refractivity contribution < 1.29 is 34.2 Å². The highest BCUT2D eigenvalue weighted by molar-refractivity contribution is 6.08. The van der Waals surface area contributed by atoms with Crippen LogP contribution in [0.3, 0.4) is 0 Å². The Morgan fingerprint density at radius 1 is 1.20 bits per heavy atom. The number of aliphatic carboxylic acids is 2. The van der Waals surface area contributed by atoms with E-state index in [1.807, 2.05) is 0 Å². The van der Waals surface area contributed by atoms with Crippen LogP contribution in [0.5, 0.6) is 0 Å². The molecule has 2 unspecified atom stereocenters. The molecule has 0 saturated carbocycles. The van der Waals surface area contributed by atoms with Crippen LogP contribution in [0.15, 0.2) is 18.3 Å². The van der Waals surface area contributed by atoms with E-state index in [1.165, 1.54) is 12.1 Å². The molecule has 0 aromatic carbocycles. The van der Waals surface area contributed by atoms with Gasteiger partial charge in [-0.3, -0.25) is 19.2 Å². The summed E-state index contributed by atoms with van der Waals surface area (Å²) in [5, 5.41) is 19.7. The number of anilines is 1. The number of pyridine rings is 1. The van der Waals surface area contributed by atoms with E-state index in [-0.39, 0.29) is 36.9 Å². The molecule has 0 spiro atoms. The van der Waals surface area contributed by atoms with Gasteiger partial charge in [0.15, 0.2) is 5.78 Å². The molecule has 1 rings (SSSR count). The molecule has 0 radical (unpaired) electrons. The first kappa shape index (κ1) is 19.9. The largest absolute Gasteiger partial charge is 0.481 e. The van der Waals surface area contributed by atoms with Gasteiger partial charge in [-0.25, -0.2) is 4.98 Å². The zero-order valence-corrected chi connectivity index (χ0v) is 13.0. The van der Waals surface area contributed by atoms with E-state index in [0.29, 0.717) is 0 Å². The number of nitrogens with one attached hydrogen (secondary N) is 1. The highest BCUT2D eigenvalue weighted by Crippen LogP contribution is 2.12. The molecule has 1 aromatic heterocycles. The van der Waals surface area contributed by atoms with Gasteiger partial charge in [-0.2, -0.15) is 0 Å². The highest BCUT2D eigenvalue weighted by atomic mass is 16.4. The Morgan fingerprint density at radius 2 is 1.88 bits per heavy atom. The lowest BCUT2D eigenvalue weighted by Crippen LogP contribution is -2.42. The van der Waals surface area contributed by atoms with Crippen molar-refractivity contribution >= 4 is 35.7 Å². The summed E-state index contributed by atoms with van der Waals surface area (Å²) in [6.07, 6.45) is 1.28. The van der Waals surface area contributed by atoms with E-state index < -0.39 is 35.6 Å². The van der Waals surface area contributed by atoms with Crippen LogP contribution in [0.4, 0.5) is 5.82 Å². The number of amides is 1. The van der Waals surface area contributed by atoms with Crippen LogP contribution in [0, 0.1) is 5.92 Å². The van der Waals surface area contributed by atoms with Crippen molar-refractivity contribution in [2.24, 2.45) is 11.7 Å². The van der Waals surface area contributed by atoms with Gasteiger partial charge in [0.2, 0.25) is 5.91 Å². The summed E-state index contributed by atoms with van der Waals surface area (Å²) in [6.45, 7) is 0. The smallest absolute Gasteiger partial charge is 0.321 e. The van der Waals surface area contributed by atoms with Gasteiger partial charge in [0.05, 0.1) is 0 Å². The Balaban J connectivity index is 2.70. The fraction of sp³-hybridized carbons (Fsp3) is 0.333. The van der Waals surface area contributed by atoms with E-state index in [0.717, 1.165) is 6.20 Å². The van der Waals surface area contributed by atoms with E-state index in [4.69, 9.17) is 15.9 Å². The van der Waals surface area contributed by atoms with Gasteiger partial charge >= 0.3 is 11.9 Å². The number of hydrogen-bond donors (Lipinski definition) is 4. The van der Waals surface area contributed by atoms with Crippen LogP contribution in [0.1, 0.15) is 29.6 Å². The Labute approximate surface area is 142 Å². The van der Waals surface area contributed by atoms with Crippen molar-refractivity contribution in [1.82, 2.24) is 4.98 Å². The van der Waals surface area contributed by atoms with E-state index in [2.05, 4.69) is 10.3 Å². The summed E-state index contributed by atoms with van der Waals surface area (Å²) in [5.74, 6) is -5.14. The van der Waals surface area contributed by atoms with Crippen LogP contribution < -0.4 is 11.1 Å². The fourth-order valence-electron chi connectivity index (χ4n) is 1.87. The van der Waals surface area contributed by atoms with E-state index in [1.54, 1.807) is 0 Å².